The minimum Gasteiger partial charge on any atom is -0.487 e. The molecule has 2 aromatic heterocycles. The van der Waals surface area contributed by atoms with Crippen LogP contribution in [-0.2, 0) is 6.42 Å². The van der Waals surface area contributed by atoms with Gasteiger partial charge in [0.15, 0.2) is 0 Å². The third-order valence-corrected chi connectivity index (χ3v) is 5.77. The van der Waals surface area contributed by atoms with Crippen LogP contribution < -0.4 is 10.1 Å². The maximum absolute atomic E-state index is 12.8. The lowest BCUT2D eigenvalue weighted by Crippen LogP contribution is -2.34. The lowest BCUT2D eigenvalue weighted by Gasteiger charge is -2.13. The Morgan fingerprint density at radius 3 is 3.00 bits per heavy atom. The van der Waals surface area contributed by atoms with Crippen molar-refractivity contribution < 1.29 is 9.53 Å². The van der Waals surface area contributed by atoms with Crippen molar-refractivity contribution in [3.63, 3.8) is 0 Å². The Labute approximate surface area is 179 Å². The Balaban J connectivity index is 1.31. The second-order valence-electron chi connectivity index (χ2n) is 7.50. The predicted octanol–water partition coefficient (Wildman–Crippen LogP) is 4.93. The number of rotatable bonds is 4. The van der Waals surface area contributed by atoms with Gasteiger partial charge in [-0.25, -0.2) is 0 Å². The Morgan fingerprint density at radius 1 is 1.27 bits per heavy atom. The molecule has 30 heavy (non-hydrogen) atoms. The second-order valence-corrected chi connectivity index (χ2v) is 7.94. The molecule has 4 aromatic rings. The van der Waals surface area contributed by atoms with Gasteiger partial charge in [-0.05, 0) is 42.3 Å². The summed E-state index contributed by atoms with van der Waals surface area (Å²) in [5, 5.41) is 4.62. The molecule has 0 saturated carbocycles. The zero-order chi connectivity index (χ0) is 20.7. The number of H-pyrrole nitrogens is 1. The van der Waals surface area contributed by atoms with E-state index in [-0.39, 0.29) is 12.0 Å². The highest BCUT2D eigenvalue weighted by Crippen LogP contribution is 2.38. The molecule has 0 unspecified atom stereocenters. The first-order valence-corrected chi connectivity index (χ1v) is 10.2. The number of carbonyl (C=O) groups excluding carboxylic acids is 1. The van der Waals surface area contributed by atoms with Crippen LogP contribution in [-0.4, -0.2) is 28.5 Å². The number of ether oxygens (including phenoxy) is 1. The van der Waals surface area contributed by atoms with Crippen molar-refractivity contribution >= 4 is 28.4 Å². The SMILES string of the molecule is Cc1c(C(=O)NC[C@@H]2Cc3cccc(-c4cccnc4)c3O2)[nH]c2ccc(Cl)cc12. The van der Waals surface area contributed by atoms with Crippen molar-refractivity contribution in [2.45, 2.75) is 19.4 Å². The number of aryl methyl sites for hydroxylation is 1. The number of fused-ring (bicyclic) bond motifs is 2. The zero-order valence-corrected chi connectivity index (χ0v) is 17.2. The molecule has 6 heteroatoms. The Hall–Kier alpha value is -3.31. The van der Waals surface area contributed by atoms with E-state index in [1.165, 1.54) is 0 Å². The van der Waals surface area contributed by atoms with Gasteiger partial charge in [-0.2, -0.15) is 0 Å². The number of aromatic nitrogens is 2. The monoisotopic (exact) mass is 417 g/mol. The minimum atomic E-state index is -0.146. The number of nitrogens with one attached hydrogen (secondary N) is 2. The topological polar surface area (TPSA) is 67.0 Å². The van der Waals surface area contributed by atoms with E-state index >= 15 is 0 Å². The van der Waals surface area contributed by atoms with E-state index in [4.69, 9.17) is 16.3 Å². The number of amides is 1. The number of hydrogen-bond acceptors (Lipinski definition) is 3. The van der Waals surface area contributed by atoms with Gasteiger partial charge in [0.2, 0.25) is 0 Å². The lowest BCUT2D eigenvalue weighted by atomic mass is 10.0. The summed E-state index contributed by atoms with van der Waals surface area (Å²) in [6.07, 6.45) is 4.23. The second kappa shape index (κ2) is 7.50. The Kier molecular flexibility index (Phi) is 4.68. The number of nitrogens with zero attached hydrogens (tertiary/aromatic N) is 1. The van der Waals surface area contributed by atoms with E-state index in [1.807, 2.05) is 55.6 Å². The number of pyridine rings is 1. The van der Waals surface area contributed by atoms with E-state index in [2.05, 4.69) is 21.4 Å². The van der Waals surface area contributed by atoms with Crippen LogP contribution in [0.25, 0.3) is 22.0 Å². The van der Waals surface area contributed by atoms with Crippen molar-refractivity contribution in [3.05, 3.63) is 82.8 Å². The van der Waals surface area contributed by atoms with E-state index in [9.17, 15) is 4.79 Å². The number of halogens is 1. The van der Waals surface area contributed by atoms with Gasteiger partial charge in [0.1, 0.15) is 17.5 Å². The number of hydrogen-bond donors (Lipinski definition) is 2. The molecule has 3 heterocycles. The van der Waals surface area contributed by atoms with E-state index in [1.54, 1.807) is 6.20 Å². The largest absolute Gasteiger partial charge is 0.487 e. The molecule has 5 rings (SSSR count). The minimum absolute atomic E-state index is 0.110. The maximum Gasteiger partial charge on any atom is 0.268 e. The highest BCUT2D eigenvalue weighted by atomic mass is 35.5. The van der Waals surface area contributed by atoms with Crippen LogP contribution in [0.3, 0.4) is 0 Å². The summed E-state index contributed by atoms with van der Waals surface area (Å²) in [6, 6.07) is 15.6. The van der Waals surface area contributed by atoms with Crippen LogP contribution in [0.4, 0.5) is 0 Å². The van der Waals surface area contributed by atoms with Gasteiger partial charge in [-0.3, -0.25) is 9.78 Å². The van der Waals surface area contributed by atoms with Gasteiger partial charge >= 0.3 is 0 Å². The van der Waals surface area contributed by atoms with Gasteiger partial charge < -0.3 is 15.0 Å². The molecule has 150 valence electrons. The standard InChI is InChI=1S/C24H20ClN3O2/c1-14-20-11-17(25)7-8-21(20)28-22(14)24(29)27-13-18-10-15-4-2-6-19(23(15)30-18)16-5-3-9-26-12-16/h2-9,11-12,18,28H,10,13H2,1H3,(H,27,29)/t18-/m0/s1. The number of aromatic amines is 1. The summed E-state index contributed by atoms with van der Waals surface area (Å²) in [6.45, 7) is 2.35. The van der Waals surface area contributed by atoms with E-state index in [0.29, 0.717) is 17.3 Å². The van der Waals surface area contributed by atoms with Gasteiger partial charge in [-0.1, -0.05) is 35.9 Å². The summed E-state index contributed by atoms with van der Waals surface area (Å²) in [7, 11) is 0. The fourth-order valence-electron chi connectivity index (χ4n) is 4.02. The molecule has 5 nitrogen and oxygen atoms in total. The summed E-state index contributed by atoms with van der Waals surface area (Å²) < 4.78 is 6.21. The molecule has 0 radical (unpaired) electrons. The summed E-state index contributed by atoms with van der Waals surface area (Å²) in [5.41, 5.74) is 5.53. The summed E-state index contributed by atoms with van der Waals surface area (Å²) >= 11 is 6.09. The van der Waals surface area contributed by atoms with Crippen LogP contribution in [0.2, 0.25) is 5.02 Å². The molecule has 2 N–H and O–H groups in total. The third kappa shape index (κ3) is 3.31. The number of para-hydroxylation sites is 1. The molecule has 2 aromatic carbocycles. The smallest absolute Gasteiger partial charge is 0.268 e. The summed E-state index contributed by atoms with van der Waals surface area (Å²) in [4.78, 5) is 20.2. The zero-order valence-electron chi connectivity index (χ0n) is 16.4. The predicted molar refractivity (Wildman–Crippen MR) is 118 cm³/mol. The Bertz CT molecular complexity index is 1250. The van der Waals surface area contributed by atoms with E-state index < -0.39 is 0 Å². The average molecular weight is 418 g/mol. The van der Waals surface area contributed by atoms with Crippen molar-refractivity contribution in [1.82, 2.24) is 15.3 Å². The molecule has 1 aliphatic rings. The first kappa shape index (κ1) is 18.7. The van der Waals surface area contributed by atoms with Crippen molar-refractivity contribution in [2.24, 2.45) is 0 Å². The van der Waals surface area contributed by atoms with Crippen LogP contribution in [0.1, 0.15) is 21.6 Å². The molecule has 1 atom stereocenters. The first-order valence-electron chi connectivity index (χ1n) is 9.85. The van der Waals surface area contributed by atoms with Crippen LogP contribution in [0, 0.1) is 6.92 Å². The van der Waals surface area contributed by atoms with Crippen LogP contribution in [0.5, 0.6) is 5.75 Å². The summed E-state index contributed by atoms with van der Waals surface area (Å²) in [5.74, 6) is 0.730. The normalized spacial score (nSPS) is 15.1. The molecular formula is C24H20ClN3O2. The molecule has 0 bridgehead atoms. The van der Waals surface area contributed by atoms with Crippen molar-refractivity contribution in [3.8, 4) is 16.9 Å². The highest BCUT2D eigenvalue weighted by Gasteiger charge is 2.26. The molecule has 0 fully saturated rings. The number of benzene rings is 2. The first-order chi connectivity index (χ1) is 14.6. The third-order valence-electron chi connectivity index (χ3n) is 5.54. The molecule has 1 aliphatic heterocycles. The fraction of sp³-hybridized carbons (Fsp3) is 0.167. The van der Waals surface area contributed by atoms with Gasteiger partial charge in [0.25, 0.3) is 5.91 Å². The van der Waals surface area contributed by atoms with Crippen molar-refractivity contribution in [1.29, 1.82) is 0 Å². The molecule has 0 saturated heterocycles. The van der Waals surface area contributed by atoms with Gasteiger partial charge in [0.05, 0.1) is 6.54 Å². The molecule has 0 spiro atoms. The average Bonchev–Trinajstić information content (AvgIpc) is 3.33. The fourth-order valence-corrected chi connectivity index (χ4v) is 4.19. The van der Waals surface area contributed by atoms with Gasteiger partial charge in [0, 0.05) is 45.9 Å². The van der Waals surface area contributed by atoms with Crippen LogP contribution >= 0.6 is 11.6 Å². The maximum atomic E-state index is 12.8. The quantitative estimate of drug-likeness (QED) is 0.495. The van der Waals surface area contributed by atoms with E-state index in [0.717, 1.165) is 45.3 Å². The van der Waals surface area contributed by atoms with Crippen molar-refractivity contribution in [2.75, 3.05) is 6.54 Å². The molecule has 0 aliphatic carbocycles. The highest BCUT2D eigenvalue weighted by molar-refractivity contribution is 6.31. The van der Waals surface area contributed by atoms with Gasteiger partial charge in [-0.15, -0.1) is 0 Å². The van der Waals surface area contributed by atoms with Crippen LogP contribution in [0.15, 0.2) is 60.9 Å². The lowest BCUT2D eigenvalue weighted by molar-refractivity contribution is 0.0929. The Morgan fingerprint density at radius 2 is 2.17 bits per heavy atom. The molecule has 1 amide bonds. The number of carbonyl (C=O) groups is 1. The molecular weight excluding hydrogens is 398 g/mol.